The van der Waals surface area contributed by atoms with Gasteiger partial charge in [-0.05, 0) is 13.0 Å². The molecule has 0 aliphatic carbocycles. The molecule has 1 aromatic rings. The number of rotatable bonds is 6. The van der Waals surface area contributed by atoms with Crippen LogP contribution in [0.15, 0.2) is 4.52 Å². The molecular weight excluding hydrogens is 192 g/mol. The Hall–Kier alpha value is -0.940. The molecule has 0 unspecified atom stereocenters. The van der Waals surface area contributed by atoms with E-state index in [2.05, 4.69) is 28.9 Å². The van der Waals surface area contributed by atoms with Gasteiger partial charge < -0.3 is 10.3 Å². The Bertz CT molecular complexity index is 285. The minimum Gasteiger partial charge on any atom is -0.339 e. The second-order valence-corrected chi connectivity index (χ2v) is 4.23. The number of likely N-dealkylation sites (N-methyl/N-ethyl adjacent to an activating group) is 1. The average molecular weight is 212 g/mol. The maximum Gasteiger partial charge on any atom is 0.226 e. The van der Waals surface area contributed by atoms with Gasteiger partial charge in [0.15, 0.2) is 5.82 Å². The summed E-state index contributed by atoms with van der Waals surface area (Å²) in [6.07, 6.45) is 0.841. The maximum absolute atomic E-state index is 5.45. The van der Waals surface area contributed by atoms with Gasteiger partial charge in [0.2, 0.25) is 5.89 Å². The van der Waals surface area contributed by atoms with Gasteiger partial charge in [0.25, 0.3) is 0 Å². The minimum absolute atomic E-state index is 0.542. The summed E-state index contributed by atoms with van der Waals surface area (Å²) in [5, 5.41) is 3.92. The summed E-state index contributed by atoms with van der Waals surface area (Å²) in [7, 11) is 1.99. The van der Waals surface area contributed by atoms with E-state index < -0.39 is 0 Å². The fourth-order valence-electron chi connectivity index (χ4n) is 1.33. The Labute approximate surface area is 90.6 Å². The number of nitrogens with zero attached hydrogens (tertiary/aromatic N) is 3. The van der Waals surface area contributed by atoms with E-state index in [1.54, 1.807) is 0 Å². The molecule has 0 spiro atoms. The van der Waals surface area contributed by atoms with Crippen molar-refractivity contribution in [3.8, 4) is 0 Å². The molecule has 0 saturated carbocycles. The van der Waals surface area contributed by atoms with Crippen molar-refractivity contribution in [2.75, 3.05) is 20.1 Å². The molecule has 0 amide bonds. The Balaban J connectivity index is 2.45. The van der Waals surface area contributed by atoms with Crippen molar-refractivity contribution in [3.05, 3.63) is 11.7 Å². The molecule has 0 saturated heterocycles. The zero-order chi connectivity index (χ0) is 11.3. The molecule has 86 valence electrons. The topological polar surface area (TPSA) is 68.2 Å². The van der Waals surface area contributed by atoms with Crippen LogP contribution >= 0.6 is 0 Å². The summed E-state index contributed by atoms with van der Waals surface area (Å²) in [6, 6.07) is 0. The van der Waals surface area contributed by atoms with Gasteiger partial charge in [-0.2, -0.15) is 4.98 Å². The van der Waals surface area contributed by atoms with Gasteiger partial charge in [-0.15, -0.1) is 0 Å². The fourth-order valence-corrected chi connectivity index (χ4v) is 1.33. The van der Waals surface area contributed by atoms with E-state index >= 15 is 0 Å². The zero-order valence-corrected chi connectivity index (χ0v) is 9.73. The van der Waals surface area contributed by atoms with E-state index in [-0.39, 0.29) is 0 Å². The Morgan fingerprint density at radius 3 is 2.80 bits per heavy atom. The van der Waals surface area contributed by atoms with E-state index in [1.807, 2.05) is 7.05 Å². The quantitative estimate of drug-likeness (QED) is 0.750. The largest absolute Gasteiger partial charge is 0.339 e. The molecule has 0 atom stereocenters. The molecule has 2 N–H and O–H groups in total. The molecule has 1 rings (SSSR count). The summed E-state index contributed by atoms with van der Waals surface area (Å²) >= 11 is 0. The van der Waals surface area contributed by atoms with E-state index in [0.717, 1.165) is 24.7 Å². The van der Waals surface area contributed by atoms with Crippen molar-refractivity contribution in [1.82, 2.24) is 15.0 Å². The molecule has 0 bridgehead atoms. The third kappa shape index (κ3) is 4.40. The summed E-state index contributed by atoms with van der Waals surface area (Å²) < 4.78 is 5.14. The van der Waals surface area contributed by atoms with Crippen molar-refractivity contribution in [1.29, 1.82) is 0 Å². The molecule has 5 nitrogen and oxygen atoms in total. The number of hydrogen-bond donors (Lipinski definition) is 1. The zero-order valence-electron chi connectivity index (χ0n) is 9.73. The monoisotopic (exact) mass is 212 g/mol. The predicted molar refractivity (Wildman–Crippen MR) is 58.2 cm³/mol. The molecular formula is C10H20N4O. The van der Waals surface area contributed by atoms with Crippen LogP contribution in [0.25, 0.3) is 0 Å². The summed E-state index contributed by atoms with van der Waals surface area (Å²) in [6.45, 7) is 6.44. The SMILES string of the molecule is CC(C)Cc1nc(CN(C)CCN)no1. The van der Waals surface area contributed by atoms with Gasteiger partial charge in [-0.3, -0.25) is 4.90 Å². The van der Waals surface area contributed by atoms with Crippen LogP contribution in [0.2, 0.25) is 0 Å². The normalized spacial score (nSPS) is 11.6. The van der Waals surface area contributed by atoms with Crippen LogP contribution in [0.5, 0.6) is 0 Å². The van der Waals surface area contributed by atoms with Crippen LogP contribution in [0, 0.1) is 5.92 Å². The lowest BCUT2D eigenvalue weighted by molar-refractivity contribution is 0.312. The first-order valence-electron chi connectivity index (χ1n) is 5.32. The van der Waals surface area contributed by atoms with Crippen molar-refractivity contribution in [3.63, 3.8) is 0 Å². The highest BCUT2D eigenvalue weighted by Crippen LogP contribution is 2.06. The van der Waals surface area contributed by atoms with Crippen LogP contribution in [0.3, 0.4) is 0 Å². The molecule has 0 fully saturated rings. The lowest BCUT2D eigenvalue weighted by Gasteiger charge is -2.11. The summed E-state index contributed by atoms with van der Waals surface area (Å²) in [5.41, 5.74) is 5.45. The third-order valence-electron chi connectivity index (χ3n) is 2.02. The van der Waals surface area contributed by atoms with Crippen LogP contribution in [0.4, 0.5) is 0 Å². The van der Waals surface area contributed by atoms with E-state index in [1.165, 1.54) is 0 Å². The molecule has 1 aromatic heterocycles. The molecule has 15 heavy (non-hydrogen) atoms. The average Bonchev–Trinajstić information content (AvgIpc) is 2.51. The van der Waals surface area contributed by atoms with E-state index in [4.69, 9.17) is 10.3 Å². The number of aromatic nitrogens is 2. The van der Waals surface area contributed by atoms with E-state index in [0.29, 0.717) is 19.0 Å². The Morgan fingerprint density at radius 1 is 1.47 bits per heavy atom. The number of hydrogen-bond acceptors (Lipinski definition) is 5. The molecule has 0 aliphatic rings. The molecule has 0 aromatic carbocycles. The van der Waals surface area contributed by atoms with Gasteiger partial charge in [-0.1, -0.05) is 19.0 Å². The van der Waals surface area contributed by atoms with Crippen LogP contribution in [-0.4, -0.2) is 35.2 Å². The second-order valence-electron chi connectivity index (χ2n) is 4.23. The Morgan fingerprint density at radius 2 is 2.20 bits per heavy atom. The predicted octanol–water partition coefficient (Wildman–Crippen LogP) is 0.659. The fraction of sp³-hybridized carbons (Fsp3) is 0.800. The number of nitrogens with two attached hydrogens (primary N) is 1. The summed E-state index contributed by atoms with van der Waals surface area (Å²) in [5.74, 6) is 2.00. The third-order valence-corrected chi connectivity index (χ3v) is 2.02. The van der Waals surface area contributed by atoms with Gasteiger partial charge in [0.05, 0.1) is 6.54 Å². The van der Waals surface area contributed by atoms with Gasteiger partial charge in [-0.25, -0.2) is 0 Å². The molecule has 0 radical (unpaired) electrons. The first-order chi connectivity index (χ1) is 7.11. The molecule has 1 heterocycles. The van der Waals surface area contributed by atoms with Crippen LogP contribution < -0.4 is 5.73 Å². The standard InChI is InChI=1S/C10H20N4O/c1-8(2)6-10-12-9(13-15-10)7-14(3)5-4-11/h8H,4-7,11H2,1-3H3. The Kier molecular flexibility index (Phi) is 4.71. The lowest BCUT2D eigenvalue weighted by atomic mass is 10.1. The van der Waals surface area contributed by atoms with Crippen molar-refractivity contribution >= 4 is 0 Å². The first-order valence-corrected chi connectivity index (χ1v) is 5.32. The minimum atomic E-state index is 0.542. The first kappa shape index (κ1) is 12.1. The van der Waals surface area contributed by atoms with E-state index in [9.17, 15) is 0 Å². The lowest BCUT2D eigenvalue weighted by Crippen LogP contribution is -2.25. The smallest absolute Gasteiger partial charge is 0.226 e. The van der Waals surface area contributed by atoms with Crippen molar-refractivity contribution < 1.29 is 4.52 Å². The molecule has 5 heteroatoms. The maximum atomic E-state index is 5.45. The van der Waals surface area contributed by atoms with Crippen LogP contribution in [0.1, 0.15) is 25.6 Å². The van der Waals surface area contributed by atoms with Gasteiger partial charge in [0, 0.05) is 19.5 Å². The van der Waals surface area contributed by atoms with Crippen LogP contribution in [-0.2, 0) is 13.0 Å². The molecule has 0 aliphatic heterocycles. The van der Waals surface area contributed by atoms with Gasteiger partial charge >= 0.3 is 0 Å². The summed E-state index contributed by atoms with van der Waals surface area (Å²) in [4.78, 5) is 6.39. The van der Waals surface area contributed by atoms with Crippen molar-refractivity contribution in [2.45, 2.75) is 26.8 Å². The second kappa shape index (κ2) is 5.82. The van der Waals surface area contributed by atoms with Gasteiger partial charge in [0.1, 0.15) is 0 Å². The highest BCUT2D eigenvalue weighted by molar-refractivity contribution is 4.87. The van der Waals surface area contributed by atoms with Crippen molar-refractivity contribution in [2.24, 2.45) is 11.7 Å². The highest BCUT2D eigenvalue weighted by atomic mass is 16.5. The highest BCUT2D eigenvalue weighted by Gasteiger charge is 2.09.